The van der Waals surface area contributed by atoms with Crippen LogP contribution in [-0.4, -0.2) is 106 Å². The summed E-state index contributed by atoms with van der Waals surface area (Å²) in [6.45, 7) is 10.8. The Balaban J connectivity index is 0.957. The summed E-state index contributed by atoms with van der Waals surface area (Å²) in [6, 6.07) is 19.0. The Labute approximate surface area is 365 Å². The van der Waals surface area contributed by atoms with Crippen LogP contribution in [-0.2, 0) is 43.9 Å². The standard InChI is InChI=1S/C45H57N7O11/c1-29(2)24-37(48-42(56)40(54)36(25-30-10-8-7-9-11-30)50-44(57)63-45(3,4)5)41(55)46-18-19-58-20-21-59-22-23-60-33-13-12-31(47-27-33)28-61-32-14-16-38-35(26-32)49-43(62-38)34-15-17-39(53)52(6)51-34/h7-17,26-27,29,36-37,40,54H,18-25,28H2,1-6H3,(H,46,55)(H,48,56)(H,50,57)/t36-,37+,40+/m1/s1. The van der Waals surface area contributed by atoms with Crippen molar-refractivity contribution in [1.82, 2.24) is 35.7 Å². The Morgan fingerprint density at radius 2 is 1.59 bits per heavy atom. The smallest absolute Gasteiger partial charge is 0.407 e. The number of aromatic nitrogens is 4. The van der Waals surface area contributed by atoms with E-state index < -0.39 is 41.7 Å². The molecule has 63 heavy (non-hydrogen) atoms. The number of carbonyl (C=O) groups is 3. The van der Waals surface area contributed by atoms with Gasteiger partial charge in [0.05, 0.1) is 44.4 Å². The largest absolute Gasteiger partial charge is 0.490 e. The van der Waals surface area contributed by atoms with E-state index in [1.54, 1.807) is 70.4 Å². The Hall–Kier alpha value is -6.37. The van der Waals surface area contributed by atoms with Crippen LogP contribution >= 0.6 is 0 Å². The molecule has 18 nitrogen and oxygen atoms in total. The Morgan fingerprint density at radius 3 is 2.29 bits per heavy atom. The summed E-state index contributed by atoms with van der Waals surface area (Å²) in [5.41, 5.74) is 2.06. The van der Waals surface area contributed by atoms with E-state index in [0.29, 0.717) is 66.1 Å². The Bertz CT molecular complexity index is 2290. The lowest BCUT2D eigenvalue weighted by Crippen LogP contribution is -2.56. The third-order valence-corrected chi connectivity index (χ3v) is 9.13. The monoisotopic (exact) mass is 871 g/mol. The minimum absolute atomic E-state index is 0.0516. The van der Waals surface area contributed by atoms with Crippen LogP contribution in [0.15, 0.2) is 88.2 Å². The number of carbonyl (C=O) groups excluding carboxylic acids is 3. The highest BCUT2D eigenvalue weighted by Gasteiger charge is 2.32. The molecule has 2 aromatic carbocycles. The fourth-order valence-corrected chi connectivity index (χ4v) is 6.08. The number of pyridine rings is 1. The zero-order valence-corrected chi connectivity index (χ0v) is 36.5. The van der Waals surface area contributed by atoms with Gasteiger partial charge in [-0.3, -0.25) is 19.4 Å². The van der Waals surface area contributed by atoms with Gasteiger partial charge in [0, 0.05) is 25.7 Å². The van der Waals surface area contributed by atoms with Gasteiger partial charge in [-0.05, 0) is 75.4 Å². The van der Waals surface area contributed by atoms with Gasteiger partial charge in [-0.2, -0.15) is 5.10 Å². The first-order valence-electron chi connectivity index (χ1n) is 20.7. The summed E-state index contributed by atoms with van der Waals surface area (Å²) in [7, 11) is 1.56. The van der Waals surface area contributed by atoms with Crippen LogP contribution < -0.4 is 31.0 Å². The first-order valence-corrected chi connectivity index (χ1v) is 20.7. The molecule has 0 saturated heterocycles. The van der Waals surface area contributed by atoms with E-state index in [4.69, 9.17) is 28.1 Å². The molecule has 0 aliphatic heterocycles. The van der Waals surface area contributed by atoms with Crippen molar-refractivity contribution in [2.24, 2.45) is 13.0 Å². The van der Waals surface area contributed by atoms with Gasteiger partial charge in [-0.15, -0.1) is 0 Å². The summed E-state index contributed by atoms with van der Waals surface area (Å²) >= 11 is 0. The maximum absolute atomic E-state index is 13.3. The number of benzene rings is 2. The van der Waals surface area contributed by atoms with Gasteiger partial charge in [-0.1, -0.05) is 44.2 Å². The molecule has 3 atom stereocenters. The molecule has 0 fully saturated rings. The number of fused-ring (bicyclic) bond motifs is 1. The van der Waals surface area contributed by atoms with E-state index in [2.05, 4.69) is 31.0 Å². The number of aryl methyl sites for hydroxylation is 1. The van der Waals surface area contributed by atoms with Gasteiger partial charge in [0.25, 0.3) is 11.5 Å². The van der Waals surface area contributed by atoms with Crippen LogP contribution in [0.1, 0.15) is 52.3 Å². The van der Waals surface area contributed by atoms with Gasteiger partial charge >= 0.3 is 6.09 Å². The van der Waals surface area contributed by atoms with Crippen molar-refractivity contribution in [3.63, 3.8) is 0 Å². The lowest BCUT2D eigenvalue weighted by Gasteiger charge is -2.28. The highest BCUT2D eigenvalue weighted by molar-refractivity contribution is 5.90. The zero-order valence-electron chi connectivity index (χ0n) is 36.5. The SMILES string of the molecule is CC(C)C[C@H](NC(=O)[C@@H](O)[C@@H](Cc1ccccc1)NC(=O)OC(C)(C)C)C(=O)NCCOCCOCCOc1ccc(COc2ccc3oc(-c4ccc(=O)n(C)n4)nc3c2)nc1. The number of nitrogens with zero attached hydrogens (tertiary/aromatic N) is 4. The van der Waals surface area contributed by atoms with Crippen LogP contribution in [0.25, 0.3) is 22.7 Å². The van der Waals surface area contributed by atoms with Crippen LogP contribution in [0.4, 0.5) is 4.79 Å². The number of alkyl carbamates (subject to hydrolysis) is 1. The Morgan fingerprint density at radius 1 is 0.857 bits per heavy atom. The van der Waals surface area contributed by atoms with Crippen molar-refractivity contribution in [2.75, 3.05) is 39.6 Å². The maximum Gasteiger partial charge on any atom is 0.407 e. The summed E-state index contributed by atoms with van der Waals surface area (Å²) in [5, 5.41) is 23.4. The fourth-order valence-electron chi connectivity index (χ4n) is 6.08. The van der Waals surface area contributed by atoms with Gasteiger partial charge in [0.1, 0.15) is 47.6 Å². The van der Waals surface area contributed by atoms with E-state index in [9.17, 15) is 24.3 Å². The van der Waals surface area contributed by atoms with Crippen molar-refractivity contribution in [2.45, 2.75) is 77.9 Å². The van der Waals surface area contributed by atoms with Gasteiger partial charge in [-0.25, -0.2) is 14.5 Å². The molecule has 0 bridgehead atoms. The summed E-state index contributed by atoms with van der Waals surface area (Å²) in [6.07, 6.45) is -0.354. The molecule has 3 amide bonds. The van der Waals surface area contributed by atoms with Crippen molar-refractivity contribution in [1.29, 1.82) is 0 Å². The van der Waals surface area contributed by atoms with Gasteiger partial charge in [0.15, 0.2) is 11.7 Å². The number of rotatable bonds is 23. The lowest BCUT2D eigenvalue weighted by atomic mass is 9.99. The average molecular weight is 872 g/mol. The number of ether oxygens (including phenoxy) is 5. The molecular weight excluding hydrogens is 815 g/mol. The molecule has 18 heteroatoms. The number of oxazole rings is 1. The van der Waals surface area contributed by atoms with Crippen molar-refractivity contribution in [3.8, 4) is 23.1 Å². The van der Waals surface area contributed by atoms with Crippen LogP contribution in [0, 0.1) is 5.92 Å². The number of nitrogens with one attached hydrogen (secondary N) is 3. The van der Waals surface area contributed by atoms with Crippen molar-refractivity contribution >= 4 is 29.0 Å². The molecule has 0 unspecified atom stereocenters. The summed E-state index contributed by atoms with van der Waals surface area (Å²) in [4.78, 5) is 59.6. The van der Waals surface area contributed by atoms with E-state index in [-0.39, 0.29) is 44.3 Å². The molecule has 0 aliphatic rings. The number of hydrogen-bond donors (Lipinski definition) is 4. The maximum atomic E-state index is 13.3. The zero-order chi connectivity index (χ0) is 45.4. The molecule has 0 radical (unpaired) electrons. The minimum atomic E-state index is -1.66. The molecule has 338 valence electrons. The summed E-state index contributed by atoms with van der Waals surface area (Å²) < 4.78 is 35.2. The van der Waals surface area contributed by atoms with E-state index in [0.717, 1.165) is 5.56 Å². The van der Waals surface area contributed by atoms with E-state index in [1.807, 2.05) is 44.2 Å². The third kappa shape index (κ3) is 15.8. The molecule has 4 N–H and O–H groups in total. The van der Waals surface area contributed by atoms with Crippen LogP contribution in [0.5, 0.6) is 11.5 Å². The van der Waals surface area contributed by atoms with Gasteiger partial charge in [0.2, 0.25) is 11.8 Å². The van der Waals surface area contributed by atoms with Crippen molar-refractivity contribution in [3.05, 3.63) is 101 Å². The van der Waals surface area contributed by atoms with E-state index >= 15 is 0 Å². The molecule has 0 saturated carbocycles. The second-order valence-corrected chi connectivity index (χ2v) is 16.0. The average Bonchev–Trinajstić information content (AvgIpc) is 3.67. The fraction of sp³-hybridized carbons (Fsp3) is 0.444. The molecule has 5 aromatic rings. The topological polar surface area (TPSA) is 227 Å². The first kappa shape index (κ1) is 47.7. The predicted molar refractivity (Wildman–Crippen MR) is 232 cm³/mol. The third-order valence-electron chi connectivity index (χ3n) is 9.13. The van der Waals surface area contributed by atoms with Crippen LogP contribution in [0.2, 0.25) is 0 Å². The molecule has 3 aromatic heterocycles. The molecule has 5 rings (SSSR count). The number of hydrogen-bond acceptors (Lipinski definition) is 14. The van der Waals surface area contributed by atoms with Gasteiger partial charge < -0.3 is 49.2 Å². The molecule has 0 spiro atoms. The van der Waals surface area contributed by atoms with Crippen molar-refractivity contribution < 1.29 is 47.6 Å². The summed E-state index contributed by atoms with van der Waals surface area (Å²) in [5.74, 6) is 0.287. The number of aliphatic hydroxyl groups is 1. The molecule has 0 aliphatic carbocycles. The second-order valence-electron chi connectivity index (χ2n) is 16.0. The Kier molecular flexibility index (Phi) is 17.5. The van der Waals surface area contributed by atoms with Crippen LogP contribution in [0.3, 0.4) is 0 Å². The number of aliphatic hydroxyl groups excluding tert-OH is 1. The number of amides is 3. The first-order chi connectivity index (χ1) is 30.1. The second kappa shape index (κ2) is 23.2. The normalized spacial score (nSPS) is 13.0. The molecular formula is C45H57N7O11. The van der Waals surface area contributed by atoms with E-state index in [1.165, 1.54) is 10.7 Å². The molecule has 3 heterocycles. The predicted octanol–water partition coefficient (Wildman–Crippen LogP) is 4.12. The quantitative estimate of drug-likeness (QED) is 0.0678. The minimum Gasteiger partial charge on any atom is -0.490 e. The lowest BCUT2D eigenvalue weighted by molar-refractivity contribution is -0.135. The highest BCUT2D eigenvalue weighted by atomic mass is 16.6. The highest BCUT2D eigenvalue weighted by Crippen LogP contribution is 2.26.